The zero-order valence-corrected chi connectivity index (χ0v) is 13.2. The summed E-state index contributed by atoms with van der Waals surface area (Å²) in [7, 11) is 0. The number of nitrogens with one attached hydrogen (secondary N) is 1. The van der Waals surface area contributed by atoms with Gasteiger partial charge in [-0.25, -0.2) is 18.3 Å². The maximum Gasteiger partial charge on any atom is 0.154 e. The van der Waals surface area contributed by atoms with Gasteiger partial charge in [-0.3, -0.25) is 0 Å². The molecule has 0 fully saturated rings. The fraction of sp³-hybridized carbons (Fsp3) is 0.0588. The Hall–Kier alpha value is -2.80. The molecule has 3 heterocycles. The van der Waals surface area contributed by atoms with Crippen molar-refractivity contribution in [2.24, 2.45) is 0 Å². The van der Waals surface area contributed by atoms with Crippen LogP contribution in [0.1, 0.15) is 5.56 Å². The van der Waals surface area contributed by atoms with Crippen LogP contribution in [-0.2, 0) is 6.54 Å². The summed E-state index contributed by atoms with van der Waals surface area (Å²) in [5.41, 5.74) is 3.04. The third-order valence-electron chi connectivity index (χ3n) is 3.65. The van der Waals surface area contributed by atoms with Crippen LogP contribution in [0.5, 0.6) is 0 Å². The third kappa shape index (κ3) is 2.74. The Balaban J connectivity index is 1.62. The Labute approximate surface area is 140 Å². The molecule has 0 aliphatic rings. The SMILES string of the molecule is Fc1ccc(CNc2ccc3ncc(-c4ccsc4)n3n2)c(F)c1. The van der Waals surface area contributed by atoms with Gasteiger partial charge >= 0.3 is 0 Å². The molecule has 0 bridgehead atoms. The summed E-state index contributed by atoms with van der Waals surface area (Å²) in [6.45, 7) is 0.215. The number of halogens is 2. The largest absolute Gasteiger partial charge is 0.364 e. The Bertz CT molecular complexity index is 995. The average Bonchev–Trinajstić information content (AvgIpc) is 3.22. The first-order valence-corrected chi connectivity index (χ1v) is 8.20. The van der Waals surface area contributed by atoms with Gasteiger partial charge in [0.15, 0.2) is 5.65 Å². The summed E-state index contributed by atoms with van der Waals surface area (Å²) >= 11 is 1.60. The second kappa shape index (κ2) is 6.01. The van der Waals surface area contributed by atoms with Gasteiger partial charge in [-0.1, -0.05) is 6.07 Å². The first-order chi connectivity index (χ1) is 11.7. The molecular formula is C17H12F2N4S. The minimum absolute atomic E-state index is 0.215. The molecule has 24 heavy (non-hydrogen) atoms. The van der Waals surface area contributed by atoms with E-state index in [4.69, 9.17) is 0 Å². The average molecular weight is 342 g/mol. The maximum atomic E-state index is 13.7. The Kier molecular flexibility index (Phi) is 3.70. The topological polar surface area (TPSA) is 42.2 Å². The highest BCUT2D eigenvalue weighted by Crippen LogP contribution is 2.23. The molecule has 0 spiro atoms. The molecule has 0 unspecified atom stereocenters. The fourth-order valence-electron chi connectivity index (χ4n) is 2.43. The number of aromatic nitrogens is 3. The number of fused-ring (bicyclic) bond motifs is 1. The van der Waals surface area contributed by atoms with Gasteiger partial charge in [0.05, 0.1) is 11.9 Å². The predicted octanol–water partition coefficient (Wildman–Crippen LogP) is 4.35. The van der Waals surface area contributed by atoms with E-state index in [9.17, 15) is 8.78 Å². The van der Waals surface area contributed by atoms with Crippen LogP contribution in [0.3, 0.4) is 0 Å². The Morgan fingerprint density at radius 1 is 1.12 bits per heavy atom. The standard InChI is InChI=1S/C17H12F2N4S/c18-13-2-1-11(14(19)7-13)8-20-16-3-4-17-21-9-15(23(17)22-16)12-5-6-24-10-12/h1-7,9-10H,8H2,(H,20,22). The molecule has 0 radical (unpaired) electrons. The molecule has 120 valence electrons. The van der Waals surface area contributed by atoms with Crippen LogP contribution in [0.2, 0.25) is 0 Å². The molecule has 0 atom stereocenters. The van der Waals surface area contributed by atoms with Gasteiger partial charge in [-0.05, 0) is 29.6 Å². The van der Waals surface area contributed by atoms with Crippen LogP contribution in [0.15, 0.2) is 53.4 Å². The van der Waals surface area contributed by atoms with Gasteiger partial charge in [-0.2, -0.15) is 11.3 Å². The molecule has 4 rings (SSSR count). The summed E-state index contributed by atoms with van der Waals surface area (Å²) in [6, 6.07) is 9.15. The van der Waals surface area contributed by atoms with Crippen LogP contribution in [0.25, 0.3) is 16.9 Å². The van der Waals surface area contributed by atoms with Gasteiger partial charge < -0.3 is 5.32 Å². The van der Waals surface area contributed by atoms with Crippen LogP contribution in [0, 0.1) is 11.6 Å². The number of benzene rings is 1. The Morgan fingerprint density at radius 3 is 2.83 bits per heavy atom. The molecule has 4 nitrogen and oxygen atoms in total. The second-order valence-electron chi connectivity index (χ2n) is 5.23. The number of hydrogen-bond acceptors (Lipinski definition) is 4. The summed E-state index contributed by atoms with van der Waals surface area (Å²) in [5.74, 6) is -0.583. The Morgan fingerprint density at radius 2 is 2.04 bits per heavy atom. The minimum Gasteiger partial charge on any atom is -0.364 e. The van der Waals surface area contributed by atoms with Gasteiger partial charge in [-0.15, -0.1) is 5.10 Å². The van der Waals surface area contributed by atoms with E-state index in [0.717, 1.165) is 23.0 Å². The van der Waals surface area contributed by atoms with Crippen molar-refractivity contribution in [3.05, 3.63) is 70.6 Å². The highest BCUT2D eigenvalue weighted by molar-refractivity contribution is 7.08. The van der Waals surface area contributed by atoms with Crippen LogP contribution in [-0.4, -0.2) is 14.6 Å². The number of imidazole rings is 1. The summed E-state index contributed by atoms with van der Waals surface area (Å²) in [6.07, 6.45) is 1.77. The van der Waals surface area contributed by atoms with Crippen molar-refractivity contribution >= 4 is 22.8 Å². The lowest BCUT2D eigenvalue weighted by Gasteiger charge is -2.08. The summed E-state index contributed by atoms with van der Waals surface area (Å²) in [4.78, 5) is 4.33. The van der Waals surface area contributed by atoms with Crippen molar-refractivity contribution in [2.75, 3.05) is 5.32 Å². The van der Waals surface area contributed by atoms with Crippen molar-refractivity contribution in [1.29, 1.82) is 0 Å². The van der Waals surface area contributed by atoms with Gasteiger partial charge in [0.25, 0.3) is 0 Å². The molecule has 0 aliphatic carbocycles. The van der Waals surface area contributed by atoms with Crippen molar-refractivity contribution in [2.45, 2.75) is 6.54 Å². The molecule has 0 saturated carbocycles. The number of anilines is 1. The zero-order valence-electron chi connectivity index (χ0n) is 12.4. The van der Waals surface area contributed by atoms with E-state index in [1.165, 1.54) is 12.1 Å². The van der Waals surface area contributed by atoms with Crippen molar-refractivity contribution in [3.8, 4) is 11.3 Å². The van der Waals surface area contributed by atoms with E-state index < -0.39 is 11.6 Å². The molecule has 0 aliphatic heterocycles. The molecule has 1 aromatic carbocycles. The van der Waals surface area contributed by atoms with E-state index in [2.05, 4.69) is 15.4 Å². The fourth-order valence-corrected chi connectivity index (χ4v) is 3.08. The smallest absolute Gasteiger partial charge is 0.154 e. The van der Waals surface area contributed by atoms with Gasteiger partial charge in [0.1, 0.15) is 17.5 Å². The second-order valence-corrected chi connectivity index (χ2v) is 6.01. The number of hydrogen-bond donors (Lipinski definition) is 1. The lowest BCUT2D eigenvalue weighted by molar-refractivity contribution is 0.574. The molecule has 7 heteroatoms. The van der Waals surface area contributed by atoms with Crippen molar-refractivity contribution < 1.29 is 8.78 Å². The van der Waals surface area contributed by atoms with Crippen LogP contribution >= 0.6 is 11.3 Å². The maximum absolute atomic E-state index is 13.7. The number of thiophene rings is 1. The number of rotatable bonds is 4. The van der Waals surface area contributed by atoms with E-state index in [-0.39, 0.29) is 6.54 Å². The molecule has 0 amide bonds. The zero-order chi connectivity index (χ0) is 16.5. The first kappa shape index (κ1) is 14.8. The molecule has 0 saturated heterocycles. The normalized spacial score (nSPS) is 11.1. The highest BCUT2D eigenvalue weighted by atomic mass is 32.1. The lowest BCUT2D eigenvalue weighted by atomic mass is 10.2. The number of nitrogens with zero attached hydrogens (tertiary/aromatic N) is 3. The predicted molar refractivity (Wildman–Crippen MR) is 90.0 cm³/mol. The van der Waals surface area contributed by atoms with Gasteiger partial charge in [0, 0.05) is 29.1 Å². The monoisotopic (exact) mass is 342 g/mol. The highest BCUT2D eigenvalue weighted by Gasteiger charge is 2.09. The first-order valence-electron chi connectivity index (χ1n) is 7.26. The molecular weight excluding hydrogens is 330 g/mol. The van der Waals surface area contributed by atoms with E-state index in [1.807, 2.05) is 22.9 Å². The van der Waals surface area contributed by atoms with Crippen molar-refractivity contribution in [1.82, 2.24) is 14.6 Å². The quantitative estimate of drug-likeness (QED) is 0.600. The lowest BCUT2D eigenvalue weighted by Crippen LogP contribution is -2.06. The summed E-state index contributed by atoms with van der Waals surface area (Å²) < 4.78 is 28.4. The van der Waals surface area contributed by atoms with Crippen LogP contribution < -0.4 is 5.32 Å². The van der Waals surface area contributed by atoms with Crippen LogP contribution in [0.4, 0.5) is 14.6 Å². The van der Waals surface area contributed by atoms with E-state index in [1.54, 1.807) is 28.1 Å². The van der Waals surface area contributed by atoms with Crippen molar-refractivity contribution in [3.63, 3.8) is 0 Å². The minimum atomic E-state index is -0.588. The summed E-state index contributed by atoms with van der Waals surface area (Å²) in [5, 5.41) is 11.6. The van der Waals surface area contributed by atoms with E-state index >= 15 is 0 Å². The molecule has 1 N–H and O–H groups in total. The third-order valence-corrected chi connectivity index (χ3v) is 4.34. The van der Waals surface area contributed by atoms with E-state index in [0.29, 0.717) is 11.4 Å². The van der Waals surface area contributed by atoms with Gasteiger partial charge in [0.2, 0.25) is 0 Å². The molecule has 4 aromatic rings. The molecule has 3 aromatic heterocycles.